The summed E-state index contributed by atoms with van der Waals surface area (Å²) in [6.45, 7) is 0. The maximum atomic E-state index is 13.5. The molecular weight excluding hydrogens is 362 g/mol. The highest BCUT2D eigenvalue weighted by Gasteiger charge is 2.21. The Bertz CT molecular complexity index is 1360. The molecule has 5 heteroatoms. The standard InChI is InChI=1S/C24H17N3O2/c1-29-17-8-4-7-16(15-17)23(28)20-11-5-10-19-18-9-2-3-12-21(18)27(22(19)20)24-25-13-6-14-26-24/h2-15H,1H3. The SMILES string of the molecule is COc1cccc(C(=O)c2cccc3c4ccccc4n(-c4ncccn4)c23)c1. The molecular formula is C24H17N3O2. The van der Waals surface area contributed by atoms with Crippen molar-refractivity contribution in [1.29, 1.82) is 0 Å². The molecule has 0 unspecified atom stereocenters. The minimum absolute atomic E-state index is 0.0745. The molecule has 0 bridgehead atoms. The molecule has 5 aromatic rings. The van der Waals surface area contributed by atoms with Crippen molar-refractivity contribution < 1.29 is 9.53 Å². The fourth-order valence-corrected chi connectivity index (χ4v) is 3.74. The Kier molecular flexibility index (Phi) is 4.06. The zero-order valence-electron chi connectivity index (χ0n) is 15.7. The molecule has 5 rings (SSSR count). The monoisotopic (exact) mass is 379 g/mol. The Hall–Kier alpha value is -3.99. The molecule has 0 fully saturated rings. The normalized spacial score (nSPS) is 11.1. The molecule has 29 heavy (non-hydrogen) atoms. The van der Waals surface area contributed by atoms with Gasteiger partial charge in [0.15, 0.2) is 5.78 Å². The molecule has 0 aliphatic heterocycles. The Morgan fingerprint density at radius 1 is 0.862 bits per heavy atom. The molecule has 0 radical (unpaired) electrons. The van der Waals surface area contributed by atoms with Gasteiger partial charge in [-0.05, 0) is 30.3 Å². The first-order valence-corrected chi connectivity index (χ1v) is 9.26. The second-order valence-electron chi connectivity index (χ2n) is 6.66. The van der Waals surface area contributed by atoms with Gasteiger partial charge in [0.2, 0.25) is 5.95 Å². The molecule has 0 atom stereocenters. The quantitative estimate of drug-likeness (QED) is 0.420. The minimum atomic E-state index is -0.0745. The first-order valence-electron chi connectivity index (χ1n) is 9.26. The third-order valence-corrected chi connectivity index (χ3v) is 5.02. The van der Waals surface area contributed by atoms with E-state index in [0.717, 1.165) is 21.8 Å². The first-order chi connectivity index (χ1) is 14.3. The fourth-order valence-electron chi connectivity index (χ4n) is 3.74. The molecule has 0 spiro atoms. The molecule has 2 aromatic heterocycles. The summed E-state index contributed by atoms with van der Waals surface area (Å²) in [7, 11) is 1.59. The van der Waals surface area contributed by atoms with Gasteiger partial charge in [0.25, 0.3) is 0 Å². The van der Waals surface area contributed by atoms with Crippen LogP contribution >= 0.6 is 0 Å². The number of hydrogen-bond acceptors (Lipinski definition) is 4. The lowest BCUT2D eigenvalue weighted by Crippen LogP contribution is -2.07. The van der Waals surface area contributed by atoms with Crippen molar-refractivity contribution in [3.63, 3.8) is 0 Å². The van der Waals surface area contributed by atoms with Crippen LogP contribution in [-0.2, 0) is 0 Å². The molecule has 0 N–H and O–H groups in total. The molecule has 0 saturated heterocycles. The van der Waals surface area contributed by atoms with Crippen LogP contribution in [0.15, 0.2) is 85.2 Å². The summed E-state index contributed by atoms with van der Waals surface area (Å²) in [4.78, 5) is 22.4. The van der Waals surface area contributed by atoms with Crippen LogP contribution in [0.2, 0.25) is 0 Å². The van der Waals surface area contributed by atoms with E-state index in [0.29, 0.717) is 22.8 Å². The van der Waals surface area contributed by atoms with Crippen LogP contribution in [0, 0.1) is 0 Å². The number of carbonyl (C=O) groups excluding carboxylic acids is 1. The Balaban J connectivity index is 1.85. The molecule has 0 saturated carbocycles. The van der Waals surface area contributed by atoms with Crippen molar-refractivity contribution in [2.24, 2.45) is 0 Å². The highest BCUT2D eigenvalue weighted by Crippen LogP contribution is 2.34. The van der Waals surface area contributed by atoms with E-state index in [9.17, 15) is 4.79 Å². The number of hydrogen-bond donors (Lipinski definition) is 0. The van der Waals surface area contributed by atoms with Crippen LogP contribution < -0.4 is 4.74 Å². The van der Waals surface area contributed by atoms with E-state index >= 15 is 0 Å². The molecule has 0 amide bonds. The predicted octanol–water partition coefficient (Wildman–Crippen LogP) is 4.81. The van der Waals surface area contributed by atoms with E-state index < -0.39 is 0 Å². The summed E-state index contributed by atoms with van der Waals surface area (Å²) < 4.78 is 7.25. The molecule has 140 valence electrons. The highest BCUT2D eigenvalue weighted by molar-refractivity contribution is 6.21. The summed E-state index contributed by atoms with van der Waals surface area (Å²) in [5.74, 6) is 1.11. The zero-order valence-corrected chi connectivity index (χ0v) is 15.7. The molecule has 2 heterocycles. The van der Waals surface area contributed by atoms with Crippen molar-refractivity contribution in [3.05, 3.63) is 96.3 Å². The van der Waals surface area contributed by atoms with Gasteiger partial charge in [-0.3, -0.25) is 9.36 Å². The summed E-state index contributed by atoms with van der Waals surface area (Å²) in [6, 6.07) is 22.8. The van der Waals surface area contributed by atoms with E-state index in [1.807, 2.05) is 53.1 Å². The van der Waals surface area contributed by atoms with E-state index in [2.05, 4.69) is 16.0 Å². The van der Waals surface area contributed by atoms with E-state index in [1.54, 1.807) is 37.7 Å². The van der Waals surface area contributed by atoms with Crippen molar-refractivity contribution in [2.75, 3.05) is 7.11 Å². The van der Waals surface area contributed by atoms with Crippen molar-refractivity contribution in [1.82, 2.24) is 14.5 Å². The maximum absolute atomic E-state index is 13.5. The Morgan fingerprint density at radius 3 is 2.45 bits per heavy atom. The lowest BCUT2D eigenvalue weighted by atomic mass is 10.0. The van der Waals surface area contributed by atoms with Gasteiger partial charge in [0.1, 0.15) is 5.75 Å². The lowest BCUT2D eigenvalue weighted by molar-refractivity contribution is 0.103. The topological polar surface area (TPSA) is 57.0 Å². The number of carbonyl (C=O) groups is 1. The largest absolute Gasteiger partial charge is 0.497 e. The van der Waals surface area contributed by atoms with Gasteiger partial charge in [0.05, 0.1) is 18.1 Å². The number of rotatable bonds is 4. The van der Waals surface area contributed by atoms with Gasteiger partial charge in [0, 0.05) is 34.3 Å². The number of ether oxygens (including phenoxy) is 1. The summed E-state index contributed by atoms with van der Waals surface area (Å²) >= 11 is 0. The molecule has 0 aliphatic carbocycles. The lowest BCUT2D eigenvalue weighted by Gasteiger charge is -2.09. The summed E-state index contributed by atoms with van der Waals surface area (Å²) in [5, 5.41) is 2.04. The van der Waals surface area contributed by atoms with E-state index in [-0.39, 0.29) is 5.78 Å². The average molecular weight is 379 g/mol. The van der Waals surface area contributed by atoms with Gasteiger partial charge in [-0.1, -0.05) is 42.5 Å². The maximum Gasteiger partial charge on any atom is 0.234 e. The minimum Gasteiger partial charge on any atom is -0.497 e. The fraction of sp³-hybridized carbons (Fsp3) is 0.0417. The number of para-hydroxylation sites is 2. The van der Waals surface area contributed by atoms with Crippen LogP contribution in [0.4, 0.5) is 0 Å². The number of nitrogens with zero attached hydrogens (tertiary/aromatic N) is 3. The van der Waals surface area contributed by atoms with Gasteiger partial charge in [-0.25, -0.2) is 9.97 Å². The van der Waals surface area contributed by atoms with Crippen molar-refractivity contribution >= 4 is 27.6 Å². The Labute approximate surface area is 167 Å². The van der Waals surface area contributed by atoms with Crippen LogP contribution in [0.25, 0.3) is 27.8 Å². The van der Waals surface area contributed by atoms with E-state index in [4.69, 9.17) is 4.74 Å². The molecule has 5 nitrogen and oxygen atoms in total. The number of ketones is 1. The predicted molar refractivity (Wildman–Crippen MR) is 113 cm³/mol. The van der Waals surface area contributed by atoms with Crippen molar-refractivity contribution in [2.45, 2.75) is 0 Å². The highest BCUT2D eigenvalue weighted by atomic mass is 16.5. The van der Waals surface area contributed by atoms with E-state index in [1.165, 1.54) is 0 Å². The third kappa shape index (κ3) is 2.75. The van der Waals surface area contributed by atoms with Crippen LogP contribution in [0.1, 0.15) is 15.9 Å². The average Bonchev–Trinajstić information content (AvgIpc) is 3.14. The molecule has 0 aliphatic rings. The van der Waals surface area contributed by atoms with Gasteiger partial charge in [-0.2, -0.15) is 0 Å². The second-order valence-corrected chi connectivity index (χ2v) is 6.66. The van der Waals surface area contributed by atoms with Crippen LogP contribution in [0.3, 0.4) is 0 Å². The first kappa shape index (κ1) is 17.1. The number of methoxy groups -OCH3 is 1. The number of aromatic nitrogens is 3. The number of fused-ring (bicyclic) bond motifs is 3. The van der Waals surface area contributed by atoms with Gasteiger partial charge >= 0.3 is 0 Å². The summed E-state index contributed by atoms with van der Waals surface area (Å²) in [6.07, 6.45) is 3.41. The zero-order chi connectivity index (χ0) is 19.8. The van der Waals surface area contributed by atoms with Crippen LogP contribution in [-0.4, -0.2) is 27.4 Å². The van der Waals surface area contributed by atoms with Gasteiger partial charge < -0.3 is 4.74 Å². The third-order valence-electron chi connectivity index (χ3n) is 5.02. The summed E-state index contributed by atoms with van der Waals surface area (Å²) in [5.41, 5.74) is 2.93. The smallest absolute Gasteiger partial charge is 0.234 e. The number of benzene rings is 3. The van der Waals surface area contributed by atoms with Gasteiger partial charge in [-0.15, -0.1) is 0 Å². The second kappa shape index (κ2) is 6.87. The van der Waals surface area contributed by atoms with Crippen molar-refractivity contribution in [3.8, 4) is 11.7 Å². The molecule has 3 aromatic carbocycles. The van der Waals surface area contributed by atoms with Crippen LogP contribution in [0.5, 0.6) is 5.75 Å². The Morgan fingerprint density at radius 2 is 1.62 bits per heavy atom.